The minimum absolute atomic E-state index is 0.0546. The van der Waals surface area contributed by atoms with E-state index < -0.39 is 10.0 Å². The van der Waals surface area contributed by atoms with Crippen molar-refractivity contribution in [3.8, 4) is 5.69 Å². The molecule has 3 rings (SSSR count). The van der Waals surface area contributed by atoms with Gasteiger partial charge in [0.2, 0.25) is 10.0 Å². The quantitative estimate of drug-likeness (QED) is 0.778. The van der Waals surface area contributed by atoms with Gasteiger partial charge in [-0.1, -0.05) is 12.1 Å². The van der Waals surface area contributed by atoms with Crippen molar-refractivity contribution in [1.82, 2.24) is 18.8 Å². The molecule has 0 aliphatic carbocycles. The van der Waals surface area contributed by atoms with Gasteiger partial charge < -0.3 is 9.64 Å². The van der Waals surface area contributed by atoms with Crippen LogP contribution in [0.3, 0.4) is 0 Å². The Morgan fingerprint density at radius 3 is 2.77 bits per heavy atom. The lowest BCUT2D eigenvalue weighted by molar-refractivity contribution is 0.0795. The topological polar surface area (TPSA) is 84.7 Å². The van der Waals surface area contributed by atoms with E-state index >= 15 is 0 Å². The van der Waals surface area contributed by atoms with Crippen LogP contribution in [0.2, 0.25) is 0 Å². The largest absolute Gasteiger partial charge is 0.383 e. The zero-order chi connectivity index (χ0) is 18.9. The Hall–Kier alpha value is -2.23. The van der Waals surface area contributed by atoms with Gasteiger partial charge in [-0.15, -0.1) is 0 Å². The van der Waals surface area contributed by atoms with Crippen LogP contribution in [-0.2, 0) is 21.3 Å². The molecule has 0 spiro atoms. The first-order valence-electron chi connectivity index (χ1n) is 8.32. The number of methoxy groups -OCH3 is 1. The number of benzene rings is 1. The fourth-order valence-corrected chi connectivity index (χ4v) is 4.46. The summed E-state index contributed by atoms with van der Waals surface area (Å²) >= 11 is 0. The van der Waals surface area contributed by atoms with Crippen LogP contribution < -0.4 is 0 Å². The molecule has 2 heterocycles. The third-order valence-electron chi connectivity index (χ3n) is 4.50. The number of hydrogen-bond acceptors (Lipinski definition) is 5. The fraction of sp³-hybridized carbons (Fsp3) is 0.412. The Morgan fingerprint density at radius 1 is 1.35 bits per heavy atom. The van der Waals surface area contributed by atoms with Crippen LogP contribution in [0.5, 0.6) is 0 Å². The van der Waals surface area contributed by atoms with E-state index in [1.165, 1.54) is 17.7 Å². The average Bonchev–Trinajstić information content (AvgIpc) is 3.03. The van der Waals surface area contributed by atoms with Gasteiger partial charge in [-0.2, -0.15) is 4.31 Å². The highest BCUT2D eigenvalue weighted by molar-refractivity contribution is 7.89. The van der Waals surface area contributed by atoms with Crippen molar-refractivity contribution in [3.05, 3.63) is 42.0 Å². The molecule has 1 aromatic heterocycles. The van der Waals surface area contributed by atoms with E-state index in [0.717, 1.165) is 0 Å². The van der Waals surface area contributed by atoms with Crippen LogP contribution in [-0.4, -0.2) is 66.9 Å². The third kappa shape index (κ3) is 3.02. The van der Waals surface area contributed by atoms with Gasteiger partial charge in [0.25, 0.3) is 5.91 Å². The number of aromatic nitrogens is 2. The third-order valence-corrected chi connectivity index (χ3v) is 6.40. The number of carbonyl (C=O) groups is 1. The first-order chi connectivity index (χ1) is 12.4. The van der Waals surface area contributed by atoms with E-state index in [1.807, 2.05) is 6.92 Å². The van der Waals surface area contributed by atoms with Crippen molar-refractivity contribution in [3.63, 3.8) is 0 Å². The first kappa shape index (κ1) is 18.6. The maximum Gasteiger partial charge on any atom is 0.274 e. The minimum Gasteiger partial charge on any atom is -0.383 e. The molecule has 26 heavy (non-hydrogen) atoms. The van der Waals surface area contributed by atoms with Gasteiger partial charge in [-0.05, 0) is 19.1 Å². The molecule has 1 amide bonds. The van der Waals surface area contributed by atoms with Gasteiger partial charge in [-0.25, -0.2) is 13.4 Å². The highest BCUT2D eigenvalue weighted by Gasteiger charge is 2.34. The highest BCUT2D eigenvalue weighted by Crippen LogP contribution is 2.31. The molecule has 1 aliphatic heterocycles. The van der Waals surface area contributed by atoms with E-state index in [1.54, 1.807) is 40.8 Å². The molecule has 0 atom stereocenters. The normalized spacial score (nSPS) is 15.8. The Bertz CT molecular complexity index is 923. The number of hydrogen-bond donors (Lipinski definition) is 0. The molecule has 0 radical (unpaired) electrons. The SMILES string of the molecule is CCN(C)C(=O)c1ncn2c1CN(CCOC)S(=O)(=O)c1ccccc1-2. The monoisotopic (exact) mass is 378 g/mol. The second-order valence-electron chi connectivity index (χ2n) is 6.03. The molecule has 1 aliphatic rings. The van der Waals surface area contributed by atoms with Crippen molar-refractivity contribution in [1.29, 1.82) is 0 Å². The molecule has 0 unspecified atom stereocenters. The number of nitrogens with zero attached hydrogens (tertiary/aromatic N) is 4. The number of rotatable bonds is 5. The molecular formula is C17H22N4O4S. The maximum absolute atomic E-state index is 13.1. The summed E-state index contributed by atoms with van der Waals surface area (Å²) in [6, 6.07) is 6.74. The van der Waals surface area contributed by atoms with E-state index in [2.05, 4.69) is 4.98 Å². The average molecular weight is 378 g/mol. The molecule has 0 bridgehead atoms. The first-order valence-corrected chi connectivity index (χ1v) is 9.76. The summed E-state index contributed by atoms with van der Waals surface area (Å²) in [4.78, 5) is 18.7. The van der Waals surface area contributed by atoms with E-state index in [0.29, 0.717) is 17.9 Å². The molecule has 0 fully saturated rings. The van der Waals surface area contributed by atoms with Gasteiger partial charge >= 0.3 is 0 Å². The molecule has 0 saturated heterocycles. The van der Waals surface area contributed by atoms with Crippen LogP contribution in [0.1, 0.15) is 23.1 Å². The van der Waals surface area contributed by atoms with Crippen LogP contribution >= 0.6 is 0 Å². The fourth-order valence-electron chi connectivity index (χ4n) is 2.89. The summed E-state index contributed by atoms with van der Waals surface area (Å²) in [5.41, 5.74) is 1.32. The van der Waals surface area contributed by atoms with E-state index in [9.17, 15) is 13.2 Å². The lowest BCUT2D eigenvalue weighted by atomic mass is 10.2. The van der Waals surface area contributed by atoms with Crippen LogP contribution in [0.15, 0.2) is 35.5 Å². The van der Waals surface area contributed by atoms with E-state index in [4.69, 9.17) is 4.74 Å². The maximum atomic E-state index is 13.1. The predicted octanol–water partition coefficient (Wildman–Crippen LogP) is 1.11. The Labute approximate surface area is 153 Å². The number of carbonyl (C=O) groups excluding carboxylic acids is 1. The number of ether oxygens (including phenoxy) is 1. The molecule has 2 aromatic rings. The van der Waals surface area contributed by atoms with Gasteiger partial charge in [0, 0.05) is 27.2 Å². The molecular weight excluding hydrogens is 356 g/mol. The molecule has 140 valence electrons. The zero-order valence-corrected chi connectivity index (χ0v) is 15.9. The van der Waals surface area contributed by atoms with Crippen molar-refractivity contribution < 1.29 is 17.9 Å². The van der Waals surface area contributed by atoms with Crippen LogP contribution in [0, 0.1) is 0 Å². The molecule has 8 nitrogen and oxygen atoms in total. The molecule has 1 aromatic carbocycles. The van der Waals surface area contributed by atoms with Crippen molar-refractivity contribution >= 4 is 15.9 Å². The van der Waals surface area contributed by atoms with Crippen LogP contribution in [0.25, 0.3) is 5.69 Å². The standard InChI is InChI=1S/C17H22N4O4S/c1-4-19(2)17(22)16-14-11-20(9-10-25-3)26(23,24)15-8-6-5-7-13(15)21(14)12-18-16/h5-8,12H,4,9-11H2,1-3H3. The summed E-state index contributed by atoms with van der Waals surface area (Å²) in [6.07, 6.45) is 1.51. The van der Waals surface area contributed by atoms with E-state index in [-0.39, 0.29) is 36.2 Å². The number of para-hydroxylation sites is 1. The second-order valence-corrected chi connectivity index (χ2v) is 7.93. The number of imidazole rings is 1. The molecule has 0 N–H and O–H groups in total. The van der Waals surface area contributed by atoms with Crippen molar-refractivity contribution in [2.75, 3.05) is 33.9 Å². The lowest BCUT2D eigenvalue weighted by Crippen LogP contribution is -2.34. The Balaban J connectivity index is 2.19. The van der Waals surface area contributed by atoms with Gasteiger partial charge in [0.15, 0.2) is 5.69 Å². The predicted molar refractivity (Wildman–Crippen MR) is 95.7 cm³/mol. The molecule has 0 saturated carbocycles. The smallest absolute Gasteiger partial charge is 0.274 e. The summed E-state index contributed by atoms with van der Waals surface area (Å²) in [6.45, 7) is 2.91. The summed E-state index contributed by atoms with van der Waals surface area (Å²) in [7, 11) is -0.503. The Kier molecular flexibility index (Phi) is 5.12. The lowest BCUT2D eigenvalue weighted by Gasteiger charge is -2.20. The second kappa shape index (κ2) is 7.18. The van der Waals surface area contributed by atoms with Crippen LogP contribution in [0.4, 0.5) is 0 Å². The number of sulfonamides is 1. The summed E-state index contributed by atoms with van der Waals surface area (Å²) in [5, 5.41) is 0. The highest BCUT2D eigenvalue weighted by atomic mass is 32.2. The zero-order valence-electron chi connectivity index (χ0n) is 15.0. The van der Waals surface area contributed by atoms with Gasteiger partial charge in [-0.3, -0.25) is 9.36 Å². The number of fused-ring (bicyclic) bond motifs is 3. The Morgan fingerprint density at radius 2 is 2.08 bits per heavy atom. The van der Waals surface area contributed by atoms with Gasteiger partial charge in [0.05, 0.1) is 24.5 Å². The summed E-state index contributed by atoms with van der Waals surface area (Å²) in [5.74, 6) is -0.232. The number of amides is 1. The summed E-state index contributed by atoms with van der Waals surface area (Å²) < 4.78 is 34.3. The van der Waals surface area contributed by atoms with Crippen molar-refractivity contribution in [2.45, 2.75) is 18.4 Å². The van der Waals surface area contributed by atoms with Crippen molar-refractivity contribution in [2.24, 2.45) is 0 Å². The molecule has 9 heteroatoms. The minimum atomic E-state index is -3.72. The van der Waals surface area contributed by atoms with Gasteiger partial charge in [0.1, 0.15) is 11.2 Å².